The Kier molecular flexibility index (Phi) is 7.88. The summed E-state index contributed by atoms with van der Waals surface area (Å²) in [6.07, 6.45) is 0. The van der Waals surface area contributed by atoms with Gasteiger partial charge in [0, 0.05) is 12.8 Å². The van der Waals surface area contributed by atoms with E-state index in [1.807, 2.05) is 19.1 Å². The van der Waals surface area contributed by atoms with E-state index in [0.717, 1.165) is 10.0 Å². The van der Waals surface area contributed by atoms with Crippen LogP contribution < -0.4 is 20.1 Å². The summed E-state index contributed by atoms with van der Waals surface area (Å²) in [4.78, 5) is 12.7. The van der Waals surface area contributed by atoms with Gasteiger partial charge in [-0.15, -0.1) is 0 Å². The van der Waals surface area contributed by atoms with Crippen molar-refractivity contribution < 1.29 is 23.7 Å². The monoisotopic (exact) mass is 458 g/mol. The Balaban J connectivity index is 2.44. The summed E-state index contributed by atoms with van der Waals surface area (Å²) in [5.74, 6) is 0.712. The minimum Gasteiger partial charge on any atom is -0.493 e. The molecular weight excluding hydrogens is 436 g/mol. The van der Waals surface area contributed by atoms with E-state index in [1.54, 1.807) is 21.1 Å². The zero-order valence-electron chi connectivity index (χ0n) is 15.7. The fourth-order valence-electron chi connectivity index (χ4n) is 2.70. The van der Waals surface area contributed by atoms with Crippen LogP contribution in [0.2, 0.25) is 0 Å². The number of thiocarbonyl (C=S) groups is 1. The van der Waals surface area contributed by atoms with Crippen LogP contribution in [0, 0.1) is 0 Å². The van der Waals surface area contributed by atoms with Crippen molar-refractivity contribution in [2.45, 2.75) is 19.9 Å². The van der Waals surface area contributed by atoms with Crippen LogP contribution in [0.1, 0.15) is 25.5 Å². The number of hydrogen-bond acceptors (Lipinski definition) is 6. The summed E-state index contributed by atoms with van der Waals surface area (Å²) in [5, 5.41) is 6.53. The van der Waals surface area contributed by atoms with Crippen molar-refractivity contribution >= 4 is 39.2 Å². The maximum absolute atomic E-state index is 12.7. The van der Waals surface area contributed by atoms with Gasteiger partial charge in [0.2, 0.25) is 0 Å². The van der Waals surface area contributed by atoms with Crippen LogP contribution in [0.25, 0.3) is 0 Å². The number of methoxy groups -OCH3 is 2. The zero-order valence-corrected chi connectivity index (χ0v) is 18.1. The summed E-state index contributed by atoms with van der Waals surface area (Å²) >= 11 is 8.79. The summed E-state index contributed by atoms with van der Waals surface area (Å²) < 4.78 is 22.1. The number of benzene rings is 1. The van der Waals surface area contributed by atoms with Gasteiger partial charge in [-0.05, 0) is 59.7 Å². The second-order valence-electron chi connectivity index (χ2n) is 5.67. The highest BCUT2D eigenvalue weighted by Gasteiger charge is 2.32. The number of esters is 1. The largest absolute Gasteiger partial charge is 0.493 e. The summed E-state index contributed by atoms with van der Waals surface area (Å²) in [5.41, 5.74) is 1.86. The van der Waals surface area contributed by atoms with Crippen molar-refractivity contribution in [1.82, 2.24) is 10.6 Å². The first-order valence-corrected chi connectivity index (χ1v) is 9.57. The lowest BCUT2D eigenvalue weighted by atomic mass is 9.95. The molecule has 1 atom stereocenters. The first-order valence-electron chi connectivity index (χ1n) is 8.37. The first-order chi connectivity index (χ1) is 12.9. The smallest absolute Gasteiger partial charge is 0.338 e. The topological polar surface area (TPSA) is 78.1 Å². The standard InChI is InChI=1S/C18H23BrN2O5S/c1-5-25-16-12(19)8-11(9-13(16)24-4)15-14(10(2)20-18(27)21-15)17(22)26-7-6-23-3/h8-9,15H,5-7H2,1-4H3,(H2,20,21,27)/t15-/m0/s1. The fourth-order valence-corrected chi connectivity index (χ4v) is 3.55. The fraction of sp³-hybridized carbons (Fsp3) is 0.444. The van der Waals surface area contributed by atoms with E-state index in [2.05, 4.69) is 26.6 Å². The molecule has 0 fully saturated rings. The predicted octanol–water partition coefficient (Wildman–Crippen LogP) is 2.84. The third-order valence-corrected chi connectivity index (χ3v) is 4.69. The highest BCUT2D eigenvalue weighted by atomic mass is 79.9. The highest BCUT2D eigenvalue weighted by molar-refractivity contribution is 9.10. The second kappa shape index (κ2) is 9.91. The Morgan fingerprint density at radius 1 is 1.30 bits per heavy atom. The molecule has 0 radical (unpaired) electrons. The molecule has 0 unspecified atom stereocenters. The molecule has 148 valence electrons. The number of nitrogens with one attached hydrogen (secondary N) is 2. The van der Waals surface area contributed by atoms with Gasteiger partial charge in [0.15, 0.2) is 16.6 Å². The third kappa shape index (κ3) is 5.12. The van der Waals surface area contributed by atoms with Gasteiger partial charge in [-0.25, -0.2) is 4.79 Å². The van der Waals surface area contributed by atoms with Gasteiger partial charge in [0.05, 0.1) is 36.4 Å². The van der Waals surface area contributed by atoms with Crippen LogP contribution in [0.5, 0.6) is 11.5 Å². The van der Waals surface area contributed by atoms with Crippen LogP contribution in [0.4, 0.5) is 0 Å². The van der Waals surface area contributed by atoms with Crippen LogP contribution in [0.15, 0.2) is 27.9 Å². The lowest BCUT2D eigenvalue weighted by molar-refractivity contribution is -0.140. The molecule has 0 spiro atoms. The molecular formula is C18H23BrN2O5S. The Morgan fingerprint density at radius 3 is 2.67 bits per heavy atom. The Bertz CT molecular complexity index is 754. The van der Waals surface area contributed by atoms with Gasteiger partial charge in [-0.2, -0.15) is 0 Å². The molecule has 0 amide bonds. The van der Waals surface area contributed by atoms with Crippen molar-refractivity contribution in [1.29, 1.82) is 0 Å². The normalized spacial score (nSPS) is 16.5. The average Bonchev–Trinajstić information content (AvgIpc) is 2.62. The molecule has 2 N–H and O–H groups in total. The zero-order chi connectivity index (χ0) is 20.0. The maximum Gasteiger partial charge on any atom is 0.338 e. The van der Waals surface area contributed by atoms with Gasteiger partial charge >= 0.3 is 5.97 Å². The average molecular weight is 459 g/mol. The first kappa shape index (κ1) is 21.5. The molecule has 1 aromatic carbocycles. The lowest BCUT2D eigenvalue weighted by Crippen LogP contribution is -2.45. The van der Waals surface area contributed by atoms with E-state index in [0.29, 0.717) is 41.1 Å². The molecule has 1 aliphatic rings. The Labute approximate surface area is 172 Å². The maximum atomic E-state index is 12.7. The molecule has 27 heavy (non-hydrogen) atoms. The van der Waals surface area contributed by atoms with E-state index in [1.165, 1.54) is 0 Å². The number of ether oxygens (including phenoxy) is 4. The molecule has 1 aliphatic heterocycles. The quantitative estimate of drug-likeness (QED) is 0.349. The molecule has 1 aromatic rings. The highest BCUT2D eigenvalue weighted by Crippen LogP contribution is 2.40. The van der Waals surface area contributed by atoms with Crippen LogP contribution in [-0.2, 0) is 14.3 Å². The van der Waals surface area contributed by atoms with Crippen molar-refractivity contribution in [3.8, 4) is 11.5 Å². The van der Waals surface area contributed by atoms with Gasteiger partial charge in [-0.3, -0.25) is 0 Å². The number of halogens is 1. The minimum absolute atomic E-state index is 0.166. The Morgan fingerprint density at radius 2 is 2.04 bits per heavy atom. The molecule has 9 heteroatoms. The molecule has 2 rings (SSSR count). The molecule has 0 saturated carbocycles. The van der Waals surface area contributed by atoms with E-state index < -0.39 is 12.0 Å². The molecule has 0 saturated heterocycles. The van der Waals surface area contributed by atoms with E-state index in [4.69, 9.17) is 31.2 Å². The van der Waals surface area contributed by atoms with Gasteiger partial charge in [0.25, 0.3) is 0 Å². The number of carbonyl (C=O) groups is 1. The lowest BCUT2D eigenvalue weighted by Gasteiger charge is -2.30. The molecule has 7 nitrogen and oxygen atoms in total. The number of carbonyl (C=O) groups excluding carboxylic acids is 1. The van der Waals surface area contributed by atoms with Crippen LogP contribution >= 0.6 is 28.1 Å². The van der Waals surface area contributed by atoms with Crippen LogP contribution in [-0.4, -0.2) is 45.1 Å². The van der Waals surface area contributed by atoms with Gasteiger partial charge in [0.1, 0.15) is 6.61 Å². The third-order valence-electron chi connectivity index (χ3n) is 3.88. The van der Waals surface area contributed by atoms with Gasteiger partial charge in [-0.1, -0.05) is 0 Å². The molecule has 0 aromatic heterocycles. The number of allylic oxidation sites excluding steroid dienone is 1. The molecule has 1 heterocycles. The predicted molar refractivity (Wildman–Crippen MR) is 109 cm³/mol. The van der Waals surface area contributed by atoms with Crippen LogP contribution in [0.3, 0.4) is 0 Å². The molecule has 0 bridgehead atoms. The summed E-state index contributed by atoms with van der Waals surface area (Å²) in [7, 11) is 3.11. The molecule has 0 aliphatic carbocycles. The van der Waals surface area contributed by atoms with Crippen molar-refractivity contribution in [3.05, 3.63) is 33.4 Å². The summed E-state index contributed by atoms with van der Waals surface area (Å²) in [6.45, 7) is 4.67. The number of rotatable bonds is 8. The van der Waals surface area contributed by atoms with E-state index in [-0.39, 0.29) is 6.61 Å². The van der Waals surface area contributed by atoms with E-state index in [9.17, 15) is 4.79 Å². The summed E-state index contributed by atoms with van der Waals surface area (Å²) in [6, 6.07) is 3.20. The minimum atomic E-state index is -0.491. The van der Waals surface area contributed by atoms with Crippen molar-refractivity contribution in [2.24, 2.45) is 0 Å². The Hall–Kier alpha value is -1.84. The van der Waals surface area contributed by atoms with E-state index >= 15 is 0 Å². The van der Waals surface area contributed by atoms with Crippen molar-refractivity contribution in [2.75, 3.05) is 34.0 Å². The van der Waals surface area contributed by atoms with Crippen molar-refractivity contribution in [3.63, 3.8) is 0 Å². The number of hydrogen-bond donors (Lipinski definition) is 2. The second-order valence-corrected chi connectivity index (χ2v) is 6.93. The van der Waals surface area contributed by atoms with Gasteiger partial charge < -0.3 is 29.6 Å². The SMILES string of the molecule is CCOc1c(Br)cc([C@@H]2NC(=S)NC(C)=C2C(=O)OCCOC)cc1OC.